The summed E-state index contributed by atoms with van der Waals surface area (Å²) in [5.41, 5.74) is 4.30. The molecule has 0 saturated carbocycles. The zero-order valence-corrected chi connectivity index (χ0v) is 14.3. The van der Waals surface area contributed by atoms with E-state index in [9.17, 15) is 0 Å². The molecule has 0 aliphatic heterocycles. The number of rotatable bonds is 5. The maximum absolute atomic E-state index is 6.41. The monoisotopic (exact) mass is 355 g/mol. The quantitative estimate of drug-likeness (QED) is 0.834. The smallest absolute Gasteiger partial charge is 0.0868 e. The lowest BCUT2D eigenvalue weighted by Crippen LogP contribution is -2.08. The van der Waals surface area contributed by atoms with E-state index in [2.05, 4.69) is 59.2 Å². The van der Waals surface area contributed by atoms with Crippen molar-refractivity contribution >= 4 is 33.2 Å². The Morgan fingerprint density at radius 2 is 2.10 bits per heavy atom. The van der Waals surface area contributed by atoms with Crippen LogP contribution < -0.4 is 5.32 Å². The van der Waals surface area contributed by atoms with Crippen LogP contribution in [-0.2, 0) is 19.5 Å². The van der Waals surface area contributed by atoms with Crippen LogP contribution in [0.15, 0.2) is 22.7 Å². The van der Waals surface area contributed by atoms with Gasteiger partial charge in [0, 0.05) is 16.7 Å². The van der Waals surface area contributed by atoms with E-state index >= 15 is 0 Å². The number of anilines is 1. The van der Waals surface area contributed by atoms with Crippen molar-refractivity contribution in [3.63, 3.8) is 0 Å². The molecule has 0 amide bonds. The Balaban J connectivity index is 2.22. The molecule has 1 N–H and O–H groups in total. The van der Waals surface area contributed by atoms with E-state index in [1.54, 1.807) is 0 Å². The fourth-order valence-corrected chi connectivity index (χ4v) is 2.86. The van der Waals surface area contributed by atoms with Gasteiger partial charge >= 0.3 is 0 Å². The third-order valence-electron chi connectivity index (χ3n) is 3.26. The van der Waals surface area contributed by atoms with Crippen LogP contribution in [0.2, 0.25) is 5.02 Å². The molecule has 1 heterocycles. The van der Waals surface area contributed by atoms with Gasteiger partial charge in [-0.25, -0.2) is 0 Å². The largest absolute Gasteiger partial charge is 0.378 e. The second-order valence-electron chi connectivity index (χ2n) is 4.71. The number of hydrogen-bond donors (Lipinski definition) is 1. The van der Waals surface area contributed by atoms with Crippen molar-refractivity contribution in [2.75, 3.05) is 5.32 Å². The van der Waals surface area contributed by atoms with Crippen molar-refractivity contribution in [3.8, 4) is 0 Å². The van der Waals surface area contributed by atoms with E-state index in [1.807, 2.05) is 10.7 Å². The Hall–Kier alpha value is -1.000. The lowest BCUT2D eigenvalue weighted by atomic mass is 10.2. The van der Waals surface area contributed by atoms with Crippen LogP contribution in [0.1, 0.15) is 30.8 Å². The van der Waals surface area contributed by atoms with Crippen LogP contribution in [-0.4, -0.2) is 9.78 Å². The molecule has 1 aromatic carbocycles. The maximum atomic E-state index is 6.41. The molecule has 0 aliphatic rings. The highest BCUT2D eigenvalue weighted by molar-refractivity contribution is 9.10. The van der Waals surface area contributed by atoms with Gasteiger partial charge < -0.3 is 5.32 Å². The zero-order chi connectivity index (χ0) is 14.7. The van der Waals surface area contributed by atoms with Gasteiger partial charge in [0.05, 0.1) is 23.0 Å². The first-order chi connectivity index (χ1) is 9.56. The number of aromatic nitrogens is 2. The van der Waals surface area contributed by atoms with Crippen LogP contribution in [0.4, 0.5) is 5.69 Å². The van der Waals surface area contributed by atoms with Gasteiger partial charge in [0.2, 0.25) is 0 Å². The molecule has 1 aromatic heterocycles. The number of halogens is 2. The Labute approximate surface area is 133 Å². The van der Waals surface area contributed by atoms with Gasteiger partial charge in [0.1, 0.15) is 0 Å². The zero-order valence-electron chi connectivity index (χ0n) is 12.0. The highest BCUT2D eigenvalue weighted by Crippen LogP contribution is 2.26. The van der Waals surface area contributed by atoms with Crippen LogP contribution >= 0.6 is 27.5 Å². The highest BCUT2D eigenvalue weighted by atomic mass is 79.9. The first-order valence-electron chi connectivity index (χ1n) is 6.80. The number of hydrogen-bond acceptors (Lipinski definition) is 2. The van der Waals surface area contributed by atoms with E-state index < -0.39 is 0 Å². The van der Waals surface area contributed by atoms with Gasteiger partial charge in [-0.15, -0.1) is 0 Å². The summed E-state index contributed by atoms with van der Waals surface area (Å²) >= 11 is 9.97. The Kier molecular flexibility index (Phi) is 5.11. The molecule has 0 unspecified atom stereocenters. The summed E-state index contributed by atoms with van der Waals surface area (Å²) in [7, 11) is 0. The van der Waals surface area contributed by atoms with E-state index in [1.165, 1.54) is 5.56 Å². The summed E-state index contributed by atoms with van der Waals surface area (Å²) in [5, 5.41) is 8.75. The van der Waals surface area contributed by atoms with E-state index in [0.717, 1.165) is 39.5 Å². The standard InChI is InChI=1S/C15H19BrClN3/c1-4-12-15(17)14(20(5-2)19-12)9-18-13-8-10(3)6-7-11(13)16/h6-8,18H,4-5,9H2,1-3H3. The van der Waals surface area contributed by atoms with Crippen molar-refractivity contribution in [1.29, 1.82) is 0 Å². The van der Waals surface area contributed by atoms with Crippen LogP contribution in [0, 0.1) is 6.92 Å². The molecule has 5 heteroatoms. The lowest BCUT2D eigenvalue weighted by molar-refractivity contribution is 0.619. The first-order valence-corrected chi connectivity index (χ1v) is 7.98. The molecular formula is C15H19BrClN3. The SMILES string of the molecule is CCc1nn(CC)c(CNc2cc(C)ccc2Br)c1Cl. The van der Waals surface area contributed by atoms with E-state index in [0.29, 0.717) is 6.54 Å². The van der Waals surface area contributed by atoms with Gasteiger partial charge in [-0.3, -0.25) is 4.68 Å². The summed E-state index contributed by atoms with van der Waals surface area (Å²) in [6.45, 7) is 7.72. The molecular weight excluding hydrogens is 338 g/mol. The minimum absolute atomic E-state index is 0.668. The van der Waals surface area contributed by atoms with Crippen molar-refractivity contribution in [2.24, 2.45) is 0 Å². The number of benzene rings is 1. The second kappa shape index (κ2) is 6.64. The maximum Gasteiger partial charge on any atom is 0.0868 e. The Morgan fingerprint density at radius 3 is 2.75 bits per heavy atom. The molecule has 2 rings (SSSR count). The number of nitrogens with one attached hydrogen (secondary N) is 1. The third kappa shape index (κ3) is 3.18. The average Bonchev–Trinajstić information content (AvgIpc) is 2.75. The molecule has 0 bridgehead atoms. The van der Waals surface area contributed by atoms with Crippen LogP contribution in [0.5, 0.6) is 0 Å². The number of aryl methyl sites for hydroxylation is 3. The molecule has 3 nitrogen and oxygen atoms in total. The molecule has 0 saturated heterocycles. The average molecular weight is 357 g/mol. The molecule has 0 fully saturated rings. The normalized spacial score (nSPS) is 10.8. The Morgan fingerprint density at radius 1 is 1.35 bits per heavy atom. The fourth-order valence-electron chi connectivity index (χ4n) is 2.14. The van der Waals surface area contributed by atoms with Crippen molar-refractivity contribution < 1.29 is 0 Å². The highest BCUT2D eigenvalue weighted by Gasteiger charge is 2.14. The molecule has 108 valence electrons. The summed E-state index contributed by atoms with van der Waals surface area (Å²) in [6.07, 6.45) is 0.854. The molecule has 2 aromatic rings. The minimum atomic E-state index is 0.668. The van der Waals surface area contributed by atoms with Gasteiger partial charge in [0.25, 0.3) is 0 Å². The first kappa shape index (κ1) is 15.4. The van der Waals surface area contributed by atoms with Gasteiger partial charge in [0.15, 0.2) is 0 Å². The predicted octanol–water partition coefficient (Wildman–Crippen LogP) is 4.80. The minimum Gasteiger partial charge on any atom is -0.378 e. The molecule has 0 aliphatic carbocycles. The lowest BCUT2D eigenvalue weighted by Gasteiger charge is -2.11. The molecule has 0 atom stereocenters. The van der Waals surface area contributed by atoms with Gasteiger partial charge in [-0.05, 0) is 53.9 Å². The fraction of sp³-hybridized carbons (Fsp3) is 0.400. The van der Waals surface area contributed by atoms with Crippen molar-refractivity contribution in [1.82, 2.24) is 9.78 Å². The summed E-state index contributed by atoms with van der Waals surface area (Å²) < 4.78 is 3.02. The van der Waals surface area contributed by atoms with Crippen molar-refractivity contribution in [2.45, 2.75) is 40.3 Å². The molecule has 20 heavy (non-hydrogen) atoms. The van der Waals surface area contributed by atoms with Crippen LogP contribution in [0.25, 0.3) is 0 Å². The van der Waals surface area contributed by atoms with E-state index in [-0.39, 0.29) is 0 Å². The predicted molar refractivity (Wildman–Crippen MR) is 88.5 cm³/mol. The molecule has 0 spiro atoms. The van der Waals surface area contributed by atoms with Gasteiger partial charge in [-0.2, -0.15) is 5.10 Å². The van der Waals surface area contributed by atoms with Crippen LogP contribution in [0.3, 0.4) is 0 Å². The summed E-state index contributed by atoms with van der Waals surface area (Å²) in [4.78, 5) is 0. The third-order valence-corrected chi connectivity index (χ3v) is 4.39. The van der Waals surface area contributed by atoms with Gasteiger partial charge in [-0.1, -0.05) is 24.6 Å². The van der Waals surface area contributed by atoms with E-state index in [4.69, 9.17) is 11.6 Å². The second-order valence-corrected chi connectivity index (χ2v) is 5.95. The summed E-state index contributed by atoms with van der Waals surface area (Å²) in [5.74, 6) is 0. The Bertz CT molecular complexity index is 607. The summed E-state index contributed by atoms with van der Waals surface area (Å²) in [6, 6.07) is 6.24. The molecule has 0 radical (unpaired) electrons. The topological polar surface area (TPSA) is 29.9 Å². The van der Waals surface area contributed by atoms with Crippen molar-refractivity contribution in [3.05, 3.63) is 44.6 Å². The number of nitrogens with zero attached hydrogens (tertiary/aromatic N) is 2.